The van der Waals surface area contributed by atoms with Crippen LogP contribution < -0.4 is 10.6 Å². The zero-order chi connectivity index (χ0) is 23.0. The van der Waals surface area contributed by atoms with Crippen LogP contribution in [0.3, 0.4) is 0 Å². The van der Waals surface area contributed by atoms with Crippen molar-refractivity contribution in [2.75, 3.05) is 13.2 Å². The SMILES string of the molecule is N#C/C(=C\c1cn(CC(=O)NC[C@H]2CCCO2)c2ccccc12)C(=O)NC1CCCCCC1. The number of hydrogen-bond acceptors (Lipinski definition) is 4. The fourth-order valence-electron chi connectivity index (χ4n) is 4.76. The molecule has 4 rings (SSSR count). The van der Waals surface area contributed by atoms with Crippen molar-refractivity contribution >= 4 is 28.8 Å². The summed E-state index contributed by atoms with van der Waals surface area (Å²) >= 11 is 0. The number of rotatable bonds is 7. The molecule has 2 aromatic rings. The number of benzene rings is 1. The lowest BCUT2D eigenvalue weighted by molar-refractivity contribution is -0.122. The molecule has 7 nitrogen and oxygen atoms in total. The van der Waals surface area contributed by atoms with Crippen LogP contribution in [-0.4, -0.2) is 41.7 Å². The second kappa shape index (κ2) is 11.2. The third kappa shape index (κ3) is 6.02. The van der Waals surface area contributed by atoms with Crippen molar-refractivity contribution < 1.29 is 14.3 Å². The number of amides is 2. The molecule has 1 atom stereocenters. The van der Waals surface area contributed by atoms with E-state index >= 15 is 0 Å². The highest BCUT2D eigenvalue weighted by molar-refractivity contribution is 6.04. The van der Waals surface area contributed by atoms with Crippen LogP contribution in [0.4, 0.5) is 0 Å². The molecule has 33 heavy (non-hydrogen) atoms. The van der Waals surface area contributed by atoms with E-state index in [2.05, 4.69) is 16.7 Å². The Morgan fingerprint density at radius 3 is 2.64 bits per heavy atom. The summed E-state index contributed by atoms with van der Waals surface area (Å²) in [6.45, 7) is 1.44. The molecular formula is C26H32N4O3. The molecule has 0 radical (unpaired) electrons. The average molecular weight is 449 g/mol. The van der Waals surface area contributed by atoms with E-state index in [0.29, 0.717) is 6.54 Å². The van der Waals surface area contributed by atoms with Gasteiger partial charge in [0.05, 0.1) is 6.10 Å². The molecule has 0 spiro atoms. The first-order valence-corrected chi connectivity index (χ1v) is 12.0. The predicted molar refractivity (Wildman–Crippen MR) is 127 cm³/mol. The molecule has 0 bridgehead atoms. The Morgan fingerprint density at radius 1 is 1.12 bits per heavy atom. The van der Waals surface area contributed by atoms with Crippen LogP contribution in [0.1, 0.15) is 56.9 Å². The third-order valence-corrected chi connectivity index (χ3v) is 6.54. The Morgan fingerprint density at radius 2 is 1.91 bits per heavy atom. The quantitative estimate of drug-likeness (QED) is 0.384. The van der Waals surface area contributed by atoms with Crippen molar-refractivity contribution in [2.24, 2.45) is 0 Å². The van der Waals surface area contributed by atoms with Gasteiger partial charge in [0.2, 0.25) is 5.91 Å². The maximum absolute atomic E-state index is 12.8. The van der Waals surface area contributed by atoms with E-state index in [4.69, 9.17) is 4.74 Å². The number of carbonyl (C=O) groups excluding carboxylic acids is 2. The molecule has 2 amide bonds. The number of fused-ring (bicyclic) bond motifs is 1. The van der Waals surface area contributed by atoms with Gasteiger partial charge in [0.25, 0.3) is 5.91 Å². The fourth-order valence-corrected chi connectivity index (χ4v) is 4.76. The van der Waals surface area contributed by atoms with Gasteiger partial charge >= 0.3 is 0 Å². The topological polar surface area (TPSA) is 96.2 Å². The summed E-state index contributed by atoms with van der Waals surface area (Å²) in [5.74, 6) is -0.413. The van der Waals surface area contributed by atoms with Gasteiger partial charge in [-0.1, -0.05) is 43.9 Å². The Hall–Kier alpha value is -3.11. The Labute approximate surface area is 194 Å². The zero-order valence-electron chi connectivity index (χ0n) is 19.0. The molecule has 174 valence electrons. The van der Waals surface area contributed by atoms with Crippen LogP contribution in [0, 0.1) is 11.3 Å². The highest BCUT2D eigenvalue weighted by Gasteiger charge is 2.19. The van der Waals surface area contributed by atoms with Gasteiger partial charge in [-0.3, -0.25) is 9.59 Å². The van der Waals surface area contributed by atoms with E-state index in [1.807, 2.05) is 35.0 Å². The van der Waals surface area contributed by atoms with Gasteiger partial charge in [-0.25, -0.2) is 0 Å². The normalized spacial score (nSPS) is 19.7. The first-order valence-electron chi connectivity index (χ1n) is 12.0. The molecule has 1 aromatic carbocycles. The second-order valence-corrected chi connectivity index (χ2v) is 9.00. The van der Waals surface area contributed by atoms with Gasteiger partial charge in [0, 0.05) is 41.9 Å². The number of para-hydroxylation sites is 1. The van der Waals surface area contributed by atoms with Gasteiger partial charge in [0.1, 0.15) is 18.2 Å². The lowest BCUT2D eigenvalue weighted by Gasteiger charge is -2.15. The van der Waals surface area contributed by atoms with E-state index in [1.165, 1.54) is 12.8 Å². The van der Waals surface area contributed by atoms with Crippen LogP contribution >= 0.6 is 0 Å². The number of carbonyl (C=O) groups is 2. The lowest BCUT2D eigenvalue weighted by atomic mass is 10.1. The third-order valence-electron chi connectivity index (χ3n) is 6.54. The lowest BCUT2D eigenvalue weighted by Crippen LogP contribution is -2.35. The molecule has 2 N–H and O–H groups in total. The van der Waals surface area contributed by atoms with Gasteiger partial charge in [-0.2, -0.15) is 5.26 Å². The van der Waals surface area contributed by atoms with Crippen molar-refractivity contribution in [3.63, 3.8) is 0 Å². The minimum Gasteiger partial charge on any atom is -0.376 e. The minimum absolute atomic E-state index is 0.0879. The fraction of sp³-hybridized carbons (Fsp3) is 0.500. The Bertz CT molecular complexity index is 1050. The number of nitriles is 1. The average Bonchev–Trinajstić information content (AvgIpc) is 3.38. The first kappa shape index (κ1) is 23.1. The van der Waals surface area contributed by atoms with Gasteiger partial charge < -0.3 is 19.9 Å². The van der Waals surface area contributed by atoms with Crippen LogP contribution in [0.15, 0.2) is 36.0 Å². The van der Waals surface area contributed by atoms with E-state index in [0.717, 1.165) is 61.6 Å². The van der Waals surface area contributed by atoms with Crippen molar-refractivity contribution in [3.8, 4) is 6.07 Å². The number of hydrogen-bond donors (Lipinski definition) is 2. The number of aromatic nitrogens is 1. The maximum atomic E-state index is 12.8. The van der Waals surface area contributed by atoms with Crippen molar-refractivity contribution in [2.45, 2.75) is 70.1 Å². The zero-order valence-corrected chi connectivity index (χ0v) is 19.0. The van der Waals surface area contributed by atoms with E-state index in [1.54, 1.807) is 6.08 Å². The largest absolute Gasteiger partial charge is 0.376 e. The number of nitrogens with zero attached hydrogens (tertiary/aromatic N) is 2. The molecule has 0 unspecified atom stereocenters. The monoisotopic (exact) mass is 448 g/mol. The standard InChI is InChI=1S/C26H32N4O3/c27-15-19(26(32)29-21-8-3-1-2-4-9-21)14-20-17-30(24-12-6-5-11-23(20)24)18-25(31)28-16-22-10-7-13-33-22/h5-6,11-12,14,17,21-22H,1-4,7-10,13,16,18H2,(H,28,31)(H,29,32)/b19-14+/t22-/m1/s1. The summed E-state index contributed by atoms with van der Waals surface area (Å²) in [7, 11) is 0. The summed E-state index contributed by atoms with van der Waals surface area (Å²) in [5, 5.41) is 16.6. The second-order valence-electron chi connectivity index (χ2n) is 9.00. The Balaban J connectivity index is 1.49. The van der Waals surface area contributed by atoms with Crippen molar-refractivity contribution in [3.05, 3.63) is 41.6 Å². The van der Waals surface area contributed by atoms with Crippen LogP contribution in [0.25, 0.3) is 17.0 Å². The molecule has 1 aliphatic heterocycles. The highest BCUT2D eigenvalue weighted by atomic mass is 16.5. The molecule has 7 heteroatoms. The molecule has 1 saturated carbocycles. The summed E-state index contributed by atoms with van der Waals surface area (Å²) in [6, 6.07) is 9.92. The van der Waals surface area contributed by atoms with E-state index < -0.39 is 0 Å². The molecule has 2 fully saturated rings. The molecule has 1 saturated heterocycles. The van der Waals surface area contributed by atoms with Crippen LogP contribution in [0.5, 0.6) is 0 Å². The highest BCUT2D eigenvalue weighted by Crippen LogP contribution is 2.24. The van der Waals surface area contributed by atoms with Crippen molar-refractivity contribution in [1.82, 2.24) is 15.2 Å². The molecule has 1 aromatic heterocycles. The number of nitrogens with one attached hydrogen (secondary N) is 2. The van der Waals surface area contributed by atoms with E-state index in [-0.39, 0.29) is 36.1 Å². The molecule has 2 aliphatic rings. The smallest absolute Gasteiger partial charge is 0.262 e. The Kier molecular flexibility index (Phi) is 7.79. The van der Waals surface area contributed by atoms with Crippen LogP contribution in [-0.2, 0) is 20.9 Å². The summed E-state index contributed by atoms with van der Waals surface area (Å²) in [5.41, 5.74) is 1.73. The minimum atomic E-state index is -0.324. The summed E-state index contributed by atoms with van der Waals surface area (Å²) < 4.78 is 7.44. The molecule has 1 aliphatic carbocycles. The van der Waals surface area contributed by atoms with Gasteiger partial charge in [0.15, 0.2) is 0 Å². The van der Waals surface area contributed by atoms with Crippen molar-refractivity contribution in [1.29, 1.82) is 5.26 Å². The van der Waals surface area contributed by atoms with Gasteiger partial charge in [-0.05, 0) is 37.8 Å². The first-order chi connectivity index (χ1) is 16.1. The summed E-state index contributed by atoms with van der Waals surface area (Å²) in [4.78, 5) is 25.3. The summed E-state index contributed by atoms with van der Waals surface area (Å²) in [6.07, 6.45) is 12.1. The van der Waals surface area contributed by atoms with Gasteiger partial charge in [-0.15, -0.1) is 0 Å². The van der Waals surface area contributed by atoms with E-state index in [9.17, 15) is 14.9 Å². The molecule has 2 heterocycles. The van der Waals surface area contributed by atoms with Crippen LogP contribution in [0.2, 0.25) is 0 Å². The predicted octanol–water partition coefficient (Wildman–Crippen LogP) is 3.68. The molecular weight excluding hydrogens is 416 g/mol. The maximum Gasteiger partial charge on any atom is 0.262 e. The number of ether oxygens (including phenoxy) is 1.